The van der Waals surface area contributed by atoms with Gasteiger partial charge in [0.1, 0.15) is 0 Å². The van der Waals surface area contributed by atoms with Crippen molar-refractivity contribution in [1.82, 2.24) is 5.32 Å². The van der Waals surface area contributed by atoms with E-state index in [9.17, 15) is 0 Å². The van der Waals surface area contributed by atoms with E-state index >= 15 is 0 Å². The van der Waals surface area contributed by atoms with Crippen LogP contribution in [0.1, 0.15) is 13.3 Å². The fraction of sp³-hybridized carbons (Fsp3) is 1.00. The molecule has 62 valence electrons. The van der Waals surface area contributed by atoms with E-state index in [1.165, 1.54) is 0 Å². The summed E-state index contributed by atoms with van der Waals surface area (Å²) < 4.78 is 5.14. The first-order valence-corrected chi connectivity index (χ1v) is 3.90. The summed E-state index contributed by atoms with van der Waals surface area (Å²) in [6.07, 6.45) is 1.08. The van der Waals surface area contributed by atoms with Gasteiger partial charge in [0, 0.05) is 26.3 Å². The van der Waals surface area contributed by atoms with Crippen molar-refractivity contribution in [2.45, 2.75) is 13.3 Å². The van der Waals surface area contributed by atoms with Crippen LogP contribution < -0.4 is 11.1 Å². The van der Waals surface area contributed by atoms with Crippen LogP contribution >= 0.6 is 0 Å². The highest BCUT2D eigenvalue weighted by atomic mass is 16.5. The molecule has 0 unspecified atom stereocenters. The summed E-state index contributed by atoms with van der Waals surface area (Å²) in [7, 11) is 0. The summed E-state index contributed by atoms with van der Waals surface area (Å²) in [5, 5.41) is 3.19. The molecule has 3 nitrogen and oxygen atoms in total. The van der Waals surface area contributed by atoms with Crippen molar-refractivity contribution in [3.63, 3.8) is 0 Å². The monoisotopic (exact) mass is 146 g/mol. The number of nitrogens with two attached hydrogens (primary N) is 1. The molecule has 0 amide bonds. The Morgan fingerprint density at radius 1 is 1.40 bits per heavy atom. The normalized spacial score (nSPS) is 10.2. The third-order valence-corrected chi connectivity index (χ3v) is 1.17. The maximum atomic E-state index is 5.28. The van der Waals surface area contributed by atoms with E-state index in [1.807, 2.05) is 6.92 Å². The van der Waals surface area contributed by atoms with Gasteiger partial charge in [-0.05, 0) is 19.9 Å². The number of hydrogen-bond acceptors (Lipinski definition) is 3. The number of ether oxygens (including phenoxy) is 1. The molecule has 0 aromatic rings. The molecular formula is C7H18N2O. The molecule has 0 aromatic carbocycles. The van der Waals surface area contributed by atoms with E-state index < -0.39 is 0 Å². The summed E-state index contributed by atoms with van der Waals surface area (Å²) in [5.74, 6) is 0. The summed E-state index contributed by atoms with van der Waals surface area (Å²) >= 11 is 0. The molecule has 3 heteroatoms. The van der Waals surface area contributed by atoms with Gasteiger partial charge >= 0.3 is 0 Å². The molecule has 0 fully saturated rings. The molecule has 0 heterocycles. The lowest BCUT2D eigenvalue weighted by Gasteiger charge is -2.01. The third-order valence-electron chi connectivity index (χ3n) is 1.17. The molecule has 0 radical (unpaired) electrons. The van der Waals surface area contributed by atoms with Crippen LogP contribution in [0.15, 0.2) is 0 Å². The second-order valence-corrected chi connectivity index (χ2v) is 2.09. The first-order valence-electron chi connectivity index (χ1n) is 3.90. The predicted octanol–water partition coefficient (Wildman–Crippen LogP) is -0.0387. The fourth-order valence-electron chi connectivity index (χ4n) is 0.671. The summed E-state index contributed by atoms with van der Waals surface area (Å²) in [4.78, 5) is 0. The first-order chi connectivity index (χ1) is 4.91. The maximum Gasteiger partial charge on any atom is 0.0477 e. The van der Waals surface area contributed by atoms with Gasteiger partial charge in [0.15, 0.2) is 0 Å². The number of nitrogens with one attached hydrogen (secondary N) is 1. The highest BCUT2D eigenvalue weighted by Gasteiger charge is 1.85. The number of hydrogen-bond donors (Lipinski definition) is 2. The van der Waals surface area contributed by atoms with E-state index in [2.05, 4.69) is 5.32 Å². The summed E-state index contributed by atoms with van der Waals surface area (Å²) in [6.45, 7) is 6.32. The fourth-order valence-corrected chi connectivity index (χ4v) is 0.671. The SMILES string of the molecule is CCOCCCNCCN. The molecule has 3 N–H and O–H groups in total. The molecule has 0 aliphatic carbocycles. The third kappa shape index (κ3) is 7.88. The zero-order chi connectivity index (χ0) is 7.66. The smallest absolute Gasteiger partial charge is 0.0477 e. The van der Waals surface area contributed by atoms with Gasteiger partial charge in [-0.15, -0.1) is 0 Å². The van der Waals surface area contributed by atoms with E-state index in [-0.39, 0.29) is 0 Å². The molecule has 0 saturated carbocycles. The van der Waals surface area contributed by atoms with Crippen LogP contribution in [0.25, 0.3) is 0 Å². The maximum absolute atomic E-state index is 5.28. The Bertz CT molecular complexity index is 51.6. The minimum Gasteiger partial charge on any atom is -0.382 e. The molecular weight excluding hydrogens is 128 g/mol. The van der Waals surface area contributed by atoms with Crippen molar-refractivity contribution in [3.05, 3.63) is 0 Å². The van der Waals surface area contributed by atoms with Crippen LogP contribution in [-0.4, -0.2) is 32.8 Å². The Morgan fingerprint density at radius 3 is 2.80 bits per heavy atom. The highest BCUT2D eigenvalue weighted by molar-refractivity contribution is 4.46. The lowest BCUT2D eigenvalue weighted by Crippen LogP contribution is -2.24. The van der Waals surface area contributed by atoms with Gasteiger partial charge in [0.25, 0.3) is 0 Å². The van der Waals surface area contributed by atoms with Gasteiger partial charge in [-0.3, -0.25) is 0 Å². The summed E-state index contributed by atoms with van der Waals surface area (Å²) in [5.41, 5.74) is 5.28. The Balaban J connectivity index is 2.65. The Hall–Kier alpha value is -0.120. The molecule has 0 saturated heterocycles. The Kier molecular flexibility index (Phi) is 8.77. The topological polar surface area (TPSA) is 47.3 Å². The molecule has 0 bridgehead atoms. The molecule has 0 spiro atoms. The molecule has 0 aliphatic rings. The van der Waals surface area contributed by atoms with Gasteiger partial charge in [-0.2, -0.15) is 0 Å². The van der Waals surface area contributed by atoms with Crippen molar-refractivity contribution in [2.75, 3.05) is 32.8 Å². The van der Waals surface area contributed by atoms with Gasteiger partial charge in [-0.1, -0.05) is 0 Å². The van der Waals surface area contributed by atoms with Crippen molar-refractivity contribution >= 4 is 0 Å². The van der Waals surface area contributed by atoms with Crippen molar-refractivity contribution in [3.8, 4) is 0 Å². The van der Waals surface area contributed by atoms with Crippen LogP contribution in [0.4, 0.5) is 0 Å². The molecule has 0 rings (SSSR count). The van der Waals surface area contributed by atoms with Crippen LogP contribution in [0.2, 0.25) is 0 Å². The van der Waals surface area contributed by atoms with Gasteiger partial charge in [-0.25, -0.2) is 0 Å². The second kappa shape index (κ2) is 8.88. The van der Waals surface area contributed by atoms with E-state index in [0.717, 1.165) is 32.7 Å². The Morgan fingerprint density at radius 2 is 2.20 bits per heavy atom. The van der Waals surface area contributed by atoms with E-state index in [1.54, 1.807) is 0 Å². The predicted molar refractivity (Wildman–Crippen MR) is 43.0 cm³/mol. The van der Waals surface area contributed by atoms with Gasteiger partial charge < -0.3 is 15.8 Å². The Labute approximate surface area is 62.9 Å². The number of rotatable bonds is 7. The van der Waals surface area contributed by atoms with Crippen LogP contribution in [0.3, 0.4) is 0 Å². The quantitative estimate of drug-likeness (QED) is 0.495. The van der Waals surface area contributed by atoms with Crippen molar-refractivity contribution in [2.24, 2.45) is 5.73 Å². The average molecular weight is 146 g/mol. The highest BCUT2D eigenvalue weighted by Crippen LogP contribution is 1.78. The van der Waals surface area contributed by atoms with E-state index in [4.69, 9.17) is 10.5 Å². The average Bonchev–Trinajstić information content (AvgIpc) is 1.97. The minimum absolute atomic E-state index is 0.717. The lowest BCUT2D eigenvalue weighted by atomic mass is 10.4. The van der Waals surface area contributed by atoms with Crippen LogP contribution in [0, 0.1) is 0 Å². The first kappa shape index (κ1) is 9.88. The summed E-state index contributed by atoms with van der Waals surface area (Å²) in [6, 6.07) is 0. The minimum atomic E-state index is 0.717. The standard InChI is InChI=1S/C7H18N2O/c1-2-10-7-3-5-9-6-4-8/h9H,2-8H2,1H3. The zero-order valence-corrected chi connectivity index (χ0v) is 6.73. The molecule has 10 heavy (non-hydrogen) atoms. The van der Waals surface area contributed by atoms with E-state index in [0.29, 0.717) is 6.54 Å². The van der Waals surface area contributed by atoms with Crippen molar-refractivity contribution in [1.29, 1.82) is 0 Å². The lowest BCUT2D eigenvalue weighted by molar-refractivity contribution is 0.145. The molecule has 0 atom stereocenters. The molecule has 0 aromatic heterocycles. The van der Waals surface area contributed by atoms with Gasteiger partial charge in [0.2, 0.25) is 0 Å². The second-order valence-electron chi connectivity index (χ2n) is 2.09. The van der Waals surface area contributed by atoms with Gasteiger partial charge in [0.05, 0.1) is 0 Å². The van der Waals surface area contributed by atoms with Crippen LogP contribution in [-0.2, 0) is 4.74 Å². The molecule has 0 aliphatic heterocycles. The largest absolute Gasteiger partial charge is 0.382 e. The van der Waals surface area contributed by atoms with Crippen molar-refractivity contribution < 1.29 is 4.74 Å². The van der Waals surface area contributed by atoms with Crippen LogP contribution in [0.5, 0.6) is 0 Å². The zero-order valence-electron chi connectivity index (χ0n) is 6.73.